The largest absolute Gasteiger partial charge is 0.478 e. The maximum Gasteiger partial charge on any atom is 0.328 e. The Hall–Kier alpha value is -3.20. The molecule has 28 heavy (non-hydrogen) atoms. The number of allylic oxidation sites excluding steroid dienone is 2. The molecule has 9 nitrogen and oxygen atoms in total. The van der Waals surface area contributed by atoms with Crippen molar-refractivity contribution >= 4 is 17.9 Å². The van der Waals surface area contributed by atoms with Gasteiger partial charge in [0.1, 0.15) is 0 Å². The van der Waals surface area contributed by atoms with Gasteiger partial charge >= 0.3 is 11.9 Å². The Balaban J connectivity index is 0.000000300. The van der Waals surface area contributed by atoms with Crippen molar-refractivity contribution in [1.82, 2.24) is 20.2 Å². The van der Waals surface area contributed by atoms with Crippen molar-refractivity contribution in [2.75, 3.05) is 25.9 Å². The molecule has 1 unspecified atom stereocenters. The molecule has 0 amide bonds. The minimum Gasteiger partial charge on any atom is -0.478 e. The highest BCUT2D eigenvalue weighted by molar-refractivity contribution is 5.89. The van der Waals surface area contributed by atoms with Gasteiger partial charge in [-0.05, 0) is 49.7 Å². The smallest absolute Gasteiger partial charge is 0.328 e. The molecular weight excluding hydrogens is 362 g/mol. The minimum absolute atomic E-state index is 0.226. The van der Waals surface area contributed by atoms with Crippen LogP contribution in [0.25, 0.3) is 0 Å². The topological polar surface area (TPSA) is 142 Å². The molecule has 1 aromatic heterocycles. The van der Waals surface area contributed by atoms with Gasteiger partial charge in [0.05, 0.1) is 6.04 Å². The molecule has 0 aliphatic carbocycles. The molecule has 9 heteroatoms. The molecule has 150 valence electrons. The van der Waals surface area contributed by atoms with Crippen LogP contribution in [0, 0.1) is 5.92 Å². The number of aromatic nitrogens is 2. The van der Waals surface area contributed by atoms with E-state index in [1.54, 1.807) is 0 Å². The van der Waals surface area contributed by atoms with Gasteiger partial charge in [-0.25, -0.2) is 19.6 Å². The van der Waals surface area contributed by atoms with Crippen LogP contribution in [0.5, 0.6) is 0 Å². The summed E-state index contributed by atoms with van der Waals surface area (Å²) in [4.78, 5) is 29.6. The lowest BCUT2D eigenvalue weighted by molar-refractivity contribution is -0.134. The normalized spacial score (nSPS) is 19.7. The molecule has 0 radical (unpaired) electrons. The fourth-order valence-corrected chi connectivity index (χ4v) is 3.28. The van der Waals surface area contributed by atoms with Crippen LogP contribution >= 0.6 is 0 Å². The molecule has 0 spiro atoms. The van der Waals surface area contributed by atoms with E-state index in [-0.39, 0.29) is 6.04 Å². The molecule has 0 bridgehead atoms. The maximum absolute atomic E-state index is 9.55. The fraction of sp³-hybridized carbons (Fsp3) is 0.368. The summed E-state index contributed by atoms with van der Waals surface area (Å²) in [5, 5.41) is 19.1. The first kappa shape index (κ1) is 21.1. The number of aliphatic carboxylic acids is 2. The number of piperidine rings is 1. The molecule has 1 atom stereocenters. The average molecular weight is 387 g/mol. The number of rotatable bonds is 4. The van der Waals surface area contributed by atoms with Gasteiger partial charge in [0, 0.05) is 37.2 Å². The van der Waals surface area contributed by atoms with Crippen LogP contribution in [-0.4, -0.2) is 57.2 Å². The predicted molar refractivity (Wildman–Crippen MR) is 104 cm³/mol. The van der Waals surface area contributed by atoms with Crippen LogP contribution in [-0.2, 0) is 9.59 Å². The number of hydrogen-bond donors (Lipinski definition) is 4. The number of nitrogen functional groups attached to an aromatic ring is 1. The second-order valence-electron chi connectivity index (χ2n) is 6.48. The van der Waals surface area contributed by atoms with E-state index in [9.17, 15) is 9.59 Å². The summed E-state index contributed by atoms with van der Waals surface area (Å²) in [5.74, 6) is -1.55. The van der Waals surface area contributed by atoms with E-state index in [2.05, 4.69) is 45.6 Å². The van der Waals surface area contributed by atoms with E-state index in [4.69, 9.17) is 15.9 Å². The fourth-order valence-electron chi connectivity index (χ4n) is 3.28. The Morgan fingerprint density at radius 3 is 2.29 bits per heavy atom. The van der Waals surface area contributed by atoms with Crippen LogP contribution in [0.1, 0.15) is 24.4 Å². The third kappa shape index (κ3) is 6.20. The van der Waals surface area contributed by atoms with Crippen LogP contribution in [0.2, 0.25) is 0 Å². The zero-order valence-corrected chi connectivity index (χ0v) is 15.7. The number of hydrogen-bond acceptors (Lipinski definition) is 7. The first-order valence-corrected chi connectivity index (χ1v) is 8.90. The minimum atomic E-state index is -1.26. The van der Waals surface area contributed by atoms with Crippen LogP contribution < -0.4 is 11.1 Å². The molecule has 3 heterocycles. The zero-order valence-electron chi connectivity index (χ0n) is 15.7. The molecule has 5 N–H and O–H groups in total. The summed E-state index contributed by atoms with van der Waals surface area (Å²) in [5.41, 5.74) is 8.17. The van der Waals surface area contributed by atoms with Crippen molar-refractivity contribution in [3.05, 3.63) is 54.0 Å². The van der Waals surface area contributed by atoms with Crippen LogP contribution in [0.15, 0.2) is 48.5 Å². The molecule has 3 rings (SSSR count). The Labute approximate surface area is 163 Å². The average Bonchev–Trinajstić information content (AvgIpc) is 2.68. The summed E-state index contributed by atoms with van der Waals surface area (Å²) in [6.07, 6.45) is 13.7. The van der Waals surface area contributed by atoms with E-state index < -0.39 is 11.9 Å². The standard InChI is InChI=1S/C15H21N5.C4H4O4/c1-20-8-2-3-13(11-4-6-17-7-5-11)14(20)12-9-18-15(16)19-10-12;5-3(6)1-2-4(7)8/h2-3,8-11,14,17H,4-7H2,1H3,(H2,16,18,19);1-2H,(H,5,6)(H,7,8)/b;2-1+. The van der Waals surface area contributed by atoms with E-state index >= 15 is 0 Å². The van der Waals surface area contributed by atoms with Crippen molar-refractivity contribution in [1.29, 1.82) is 0 Å². The Kier molecular flexibility index (Phi) is 7.70. The lowest BCUT2D eigenvalue weighted by atomic mass is 9.82. The third-order valence-electron chi connectivity index (χ3n) is 4.52. The van der Waals surface area contributed by atoms with Gasteiger partial charge in [0.25, 0.3) is 0 Å². The lowest BCUT2D eigenvalue weighted by Crippen LogP contribution is -2.33. The van der Waals surface area contributed by atoms with Crippen molar-refractivity contribution in [3.8, 4) is 0 Å². The molecule has 0 aromatic carbocycles. The highest BCUT2D eigenvalue weighted by Crippen LogP contribution is 2.37. The third-order valence-corrected chi connectivity index (χ3v) is 4.52. The van der Waals surface area contributed by atoms with Crippen molar-refractivity contribution in [2.45, 2.75) is 18.9 Å². The van der Waals surface area contributed by atoms with Crippen LogP contribution in [0.3, 0.4) is 0 Å². The number of carbonyl (C=O) groups is 2. The molecule has 2 aliphatic rings. The van der Waals surface area contributed by atoms with Gasteiger partial charge in [0.15, 0.2) is 0 Å². The van der Waals surface area contributed by atoms with Crippen molar-refractivity contribution in [3.63, 3.8) is 0 Å². The highest BCUT2D eigenvalue weighted by atomic mass is 16.4. The number of carboxylic acid groups (broad SMARTS) is 2. The SMILES string of the molecule is CN1C=CC=C(C2CCNCC2)C1c1cnc(N)nc1.O=C(O)/C=C/C(=O)O. The van der Waals surface area contributed by atoms with Gasteiger partial charge in [-0.1, -0.05) is 6.08 Å². The second-order valence-corrected chi connectivity index (χ2v) is 6.48. The Morgan fingerprint density at radius 2 is 1.75 bits per heavy atom. The molecular formula is C19H25N5O4. The van der Waals surface area contributed by atoms with E-state index in [1.165, 1.54) is 18.4 Å². The maximum atomic E-state index is 9.55. The van der Waals surface area contributed by atoms with Gasteiger partial charge in [-0.3, -0.25) is 0 Å². The molecule has 1 saturated heterocycles. The monoisotopic (exact) mass is 387 g/mol. The number of likely N-dealkylation sites (N-methyl/N-ethyl adjacent to an activating group) is 1. The molecule has 2 aliphatic heterocycles. The van der Waals surface area contributed by atoms with E-state index in [0.717, 1.165) is 18.7 Å². The van der Waals surface area contributed by atoms with E-state index in [0.29, 0.717) is 24.0 Å². The molecule has 1 aromatic rings. The van der Waals surface area contributed by atoms with E-state index in [1.807, 2.05) is 12.4 Å². The van der Waals surface area contributed by atoms with Crippen LogP contribution in [0.4, 0.5) is 5.95 Å². The Bertz CT molecular complexity index is 751. The second kappa shape index (κ2) is 10.2. The number of anilines is 1. The number of nitrogens with two attached hydrogens (primary N) is 1. The van der Waals surface area contributed by atoms with Gasteiger partial charge in [-0.15, -0.1) is 0 Å². The predicted octanol–water partition coefficient (Wildman–Crippen LogP) is 1.20. The van der Waals surface area contributed by atoms with Gasteiger partial charge in [-0.2, -0.15) is 0 Å². The first-order chi connectivity index (χ1) is 13.4. The molecule has 1 fully saturated rings. The summed E-state index contributed by atoms with van der Waals surface area (Å²) in [6.45, 7) is 2.20. The summed E-state index contributed by atoms with van der Waals surface area (Å²) in [7, 11) is 2.10. The van der Waals surface area contributed by atoms with Gasteiger partial charge < -0.3 is 26.2 Å². The summed E-state index contributed by atoms with van der Waals surface area (Å²) < 4.78 is 0. The Morgan fingerprint density at radius 1 is 1.18 bits per heavy atom. The van der Waals surface area contributed by atoms with Crippen molar-refractivity contribution in [2.24, 2.45) is 5.92 Å². The van der Waals surface area contributed by atoms with Crippen molar-refractivity contribution < 1.29 is 19.8 Å². The summed E-state index contributed by atoms with van der Waals surface area (Å²) >= 11 is 0. The molecule has 0 saturated carbocycles. The van der Waals surface area contributed by atoms with Gasteiger partial charge in [0.2, 0.25) is 5.95 Å². The number of carboxylic acids is 2. The highest BCUT2D eigenvalue weighted by Gasteiger charge is 2.29. The zero-order chi connectivity index (χ0) is 20.5. The quantitative estimate of drug-likeness (QED) is 0.560. The first-order valence-electron chi connectivity index (χ1n) is 8.90. The number of nitrogens with one attached hydrogen (secondary N) is 1. The lowest BCUT2D eigenvalue weighted by Gasteiger charge is -2.37. The summed E-state index contributed by atoms with van der Waals surface area (Å²) in [6, 6.07) is 0.226. The number of nitrogens with zero attached hydrogens (tertiary/aromatic N) is 3.